The van der Waals surface area contributed by atoms with E-state index in [1.54, 1.807) is 0 Å². The quantitative estimate of drug-likeness (QED) is 0.520. The van der Waals surface area contributed by atoms with Crippen LogP contribution in [0.25, 0.3) is 0 Å². The first-order valence-corrected chi connectivity index (χ1v) is 6.05. The number of ether oxygens (including phenoxy) is 1. The largest absolute Gasteiger partial charge is 0.381 e. The van der Waals surface area contributed by atoms with Crippen LogP contribution in [0.4, 0.5) is 0 Å². The number of rotatable bonds is 0. The third-order valence-electron chi connectivity index (χ3n) is 3.30. The van der Waals surface area contributed by atoms with Crippen LogP contribution in [0, 0.1) is 0 Å². The lowest BCUT2D eigenvalue weighted by Crippen LogP contribution is -2.24. The number of hydrogen-bond acceptors (Lipinski definition) is 1. The van der Waals surface area contributed by atoms with Crippen LogP contribution < -0.4 is 0 Å². The molecule has 1 rings (SSSR count). The van der Waals surface area contributed by atoms with Crippen LogP contribution in [-0.4, -0.2) is 19.4 Å². The van der Waals surface area contributed by atoms with E-state index in [0.29, 0.717) is 0 Å². The van der Waals surface area contributed by atoms with E-state index in [-0.39, 0.29) is 6.15 Å². The lowest BCUT2D eigenvalue weighted by Gasteiger charge is -2.29. The molecule has 0 N–H and O–H groups in total. The maximum Gasteiger partial charge on any atom is 0.0466 e. The van der Waals surface area contributed by atoms with Crippen LogP contribution in [0.1, 0.15) is 32.1 Å². The van der Waals surface area contributed by atoms with Gasteiger partial charge in [-0.2, -0.15) is 26.3 Å². The predicted octanol–water partition coefficient (Wildman–Crippen LogP) is 3.68. The van der Waals surface area contributed by atoms with E-state index in [0.717, 1.165) is 13.2 Å². The summed E-state index contributed by atoms with van der Waals surface area (Å²) in [6.07, 6.45) is 9.53. The van der Waals surface area contributed by atoms with Gasteiger partial charge >= 0.3 is 0 Å². The zero-order chi connectivity index (χ0) is 9.57. The Hall–Kier alpha value is 0.0249. The molecule has 0 bridgehead atoms. The third-order valence-corrected chi connectivity index (χ3v) is 3.30. The summed E-state index contributed by atoms with van der Waals surface area (Å²) in [4.78, 5) is 0. The van der Waals surface area contributed by atoms with E-state index in [2.05, 4.69) is 13.6 Å². The molecule has 0 aromatic heterocycles. The van der Waals surface area contributed by atoms with E-state index in [1.165, 1.54) is 44.7 Å². The highest BCUT2D eigenvalue weighted by Crippen LogP contribution is 2.22. The monoisotopic (exact) mass is 183 g/mol. The zero-order valence-electron chi connectivity index (χ0n) is 9.35. The van der Waals surface area contributed by atoms with E-state index in [9.17, 15) is 0 Å². The normalized spacial score (nSPS) is 26.3. The van der Waals surface area contributed by atoms with Gasteiger partial charge in [0.15, 0.2) is 0 Å². The standard InChI is InChI=1S/C11H24BO/c1-12(2)8-4-3-6-10-13-11-7-5-9-12/h3-11H2,1-2H3/q-1. The van der Waals surface area contributed by atoms with E-state index in [4.69, 9.17) is 4.74 Å². The summed E-state index contributed by atoms with van der Waals surface area (Å²) in [6, 6.07) is 0. The van der Waals surface area contributed by atoms with E-state index in [1.807, 2.05) is 0 Å². The smallest absolute Gasteiger partial charge is 0.0466 e. The Morgan fingerprint density at radius 3 is 2.00 bits per heavy atom. The lowest BCUT2D eigenvalue weighted by molar-refractivity contribution is 0.128. The second-order valence-electron chi connectivity index (χ2n) is 5.46. The van der Waals surface area contributed by atoms with Crippen molar-refractivity contribution in [3.63, 3.8) is 0 Å². The van der Waals surface area contributed by atoms with Gasteiger partial charge in [0, 0.05) is 13.2 Å². The van der Waals surface area contributed by atoms with Gasteiger partial charge in [-0.1, -0.05) is 19.3 Å². The first-order valence-electron chi connectivity index (χ1n) is 6.05. The van der Waals surface area contributed by atoms with Crippen molar-refractivity contribution in [3.05, 3.63) is 0 Å². The van der Waals surface area contributed by atoms with Crippen molar-refractivity contribution in [1.82, 2.24) is 0 Å². The molecule has 1 saturated heterocycles. The van der Waals surface area contributed by atoms with Crippen molar-refractivity contribution >= 4 is 6.15 Å². The Labute approximate surface area is 83.2 Å². The van der Waals surface area contributed by atoms with Gasteiger partial charge in [-0.25, -0.2) is 0 Å². The van der Waals surface area contributed by atoms with Crippen molar-refractivity contribution in [3.8, 4) is 0 Å². The third kappa shape index (κ3) is 5.35. The van der Waals surface area contributed by atoms with Gasteiger partial charge in [0.25, 0.3) is 0 Å². The van der Waals surface area contributed by atoms with Crippen molar-refractivity contribution in [2.45, 2.75) is 58.4 Å². The second-order valence-corrected chi connectivity index (χ2v) is 5.46. The Morgan fingerprint density at radius 1 is 0.769 bits per heavy atom. The zero-order valence-corrected chi connectivity index (χ0v) is 9.35. The average Bonchev–Trinajstić information content (AvgIpc) is 2.10. The van der Waals surface area contributed by atoms with Gasteiger partial charge in [-0.15, -0.1) is 0 Å². The van der Waals surface area contributed by atoms with Crippen molar-refractivity contribution < 1.29 is 4.74 Å². The molecule has 0 atom stereocenters. The maximum atomic E-state index is 5.54. The van der Waals surface area contributed by atoms with Crippen LogP contribution in [0.15, 0.2) is 0 Å². The number of hydrogen-bond donors (Lipinski definition) is 0. The Morgan fingerprint density at radius 2 is 1.31 bits per heavy atom. The molecule has 0 saturated carbocycles. The molecule has 13 heavy (non-hydrogen) atoms. The molecular weight excluding hydrogens is 159 g/mol. The molecule has 1 nitrogen and oxygen atoms in total. The van der Waals surface area contributed by atoms with Crippen molar-refractivity contribution in [2.75, 3.05) is 13.2 Å². The van der Waals surface area contributed by atoms with E-state index >= 15 is 0 Å². The predicted molar refractivity (Wildman–Crippen MR) is 61.0 cm³/mol. The van der Waals surface area contributed by atoms with Crippen LogP contribution in [0.2, 0.25) is 26.3 Å². The highest BCUT2D eigenvalue weighted by molar-refractivity contribution is 6.77. The van der Waals surface area contributed by atoms with Crippen LogP contribution in [-0.2, 0) is 4.74 Å². The molecule has 2 heteroatoms. The van der Waals surface area contributed by atoms with Crippen LogP contribution in [0.3, 0.4) is 0 Å². The highest BCUT2D eigenvalue weighted by Gasteiger charge is 2.12. The van der Waals surface area contributed by atoms with Gasteiger partial charge < -0.3 is 4.74 Å². The minimum absolute atomic E-state index is 0.0469. The SMILES string of the molecule is C[B-]1(C)CCCCCOCCCC1. The molecule has 1 aliphatic heterocycles. The average molecular weight is 183 g/mol. The van der Waals surface area contributed by atoms with Gasteiger partial charge in [-0.3, -0.25) is 0 Å². The van der Waals surface area contributed by atoms with Crippen molar-refractivity contribution in [1.29, 1.82) is 0 Å². The molecule has 0 amide bonds. The fourth-order valence-electron chi connectivity index (χ4n) is 2.23. The van der Waals surface area contributed by atoms with Crippen LogP contribution in [0.5, 0.6) is 0 Å². The first kappa shape index (κ1) is 11.1. The molecule has 0 aliphatic carbocycles. The van der Waals surface area contributed by atoms with Crippen LogP contribution >= 0.6 is 0 Å². The fraction of sp³-hybridized carbons (Fsp3) is 1.00. The molecule has 78 valence electrons. The minimum Gasteiger partial charge on any atom is -0.381 e. The summed E-state index contributed by atoms with van der Waals surface area (Å²) in [5.41, 5.74) is 0. The Kier molecular flexibility index (Phi) is 4.86. The minimum atomic E-state index is -0.0469. The van der Waals surface area contributed by atoms with Gasteiger partial charge in [-0.05, 0) is 19.0 Å². The van der Waals surface area contributed by atoms with Gasteiger partial charge in [0.05, 0.1) is 0 Å². The summed E-state index contributed by atoms with van der Waals surface area (Å²) < 4.78 is 5.54. The maximum absolute atomic E-state index is 5.54. The highest BCUT2D eigenvalue weighted by atomic mass is 16.5. The lowest BCUT2D eigenvalue weighted by atomic mass is 9.24. The summed E-state index contributed by atoms with van der Waals surface area (Å²) in [6.45, 7) is 6.93. The molecule has 0 radical (unpaired) electrons. The van der Waals surface area contributed by atoms with Gasteiger partial charge in [0.1, 0.15) is 0 Å². The molecule has 0 spiro atoms. The molecule has 1 fully saturated rings. The summed E-state index contributed by atoms with van der Waals surface area (Å²) in [5, 5.41) is 0. The first-order chi connectivity index (χ1) is 6.21. The topological polar surface area (TPSA) is 9.23 Å². The summed E-state index contributed by atoms with van der Waals surface area (Å²) in [7, 11) is 0. The molecule has 1 heterocycles. The molecule has 1 aliphatic rings. The molecule has 0 unspecified atom stereocenters. The fourth-order valence-corrected chi connectivity index (χ4v) is 2.23. The second kappa shape index (κ2) is 5.69. The summed E-state index contributed by atoms with van der Waals surface area (Å²) in [5.74, 6) is 0. The van der Waals surface area contributed by atoms with Gasteiger partial charge in [0.2, 0.25) is 0 Å². The molecule has 0 aromatic rings. The molecule has 0 aromatic carbocycles. The van der Waals surface area contributed by atoms with Crippen molar-refractivity contribution in [2.24, 2.45) is 0 Å². The Balaban J connectivity index is 2.27. The Bertz CT molecular complexity index is 120. The van der Waals surface area contributed by atoms with E-state index < -0.39 is 0 Å². The summed E-state index contributed by atoms with van der Waals surface area (Å²) >= 11 is 0. The molecular formula is C11H24BO-.